The second-order valence-electron chi connectivity index (χ2n) is 6.43. The van der Waals surface area contributed by atoms with Crippen molar-refractivity contribution in [1.82, 2.24) is 19.7 Å². The zero-order chi connectivity index (χ0) is 20.2. The van der Waals surface area contributed by atoms with Crippen LogP contribution in [0.5, 0.6) is 0 Å². The Morgan fingerprint density at radius 3 is 2.45 bits per heavy atom. The van der Waals surface area contributed by atoms with E-state index in [-0.39, 0.29) is 12.1 Å². The van der Waals surface area contributed by atoms with Crippen LogP contribution in [0.3, 0.4) is 0 Å². The number of aromatic nitrogens is 4. The summed E-state index contributed by atoms with van der Waals surface area (Å²) in [6.07, 6.45) is 0. The fourth-order valence-electron chi connectivity index (χ4n) is 2.85. The predicted octanol–water partition coefficient (Wildman–Crippen LogP) is 3.24. The van der Waals surface area contributed by atoms with E-state index in [1.807, 2.05) is 60.7 Å². The number of benzene rings is 2. The van der Waals surface area contributed by atoms with Gasteiger partial charge in [-0.1, -0.05) is 65.4 Å². The van der Waals surface area contributed by atoms with Gasteiger partial charge in [-0.3, -0.25) is 9.36 Å². The van der Waals surface area contributed by atoms with Crippen molar-refractivity contribution in [3.8, 4) is 11.5 Å². The lowest BCUT2D eigenvalue weighted by molar-refractivity contribution is 0.425. The first kappa shape index (κ1) is 18.9. The summed E-state index contributed by atoms with van der Waals surface area (Å²) in [6, 6.07) is 18.9. The lowest BCUT2D eigenvalue weighted by Crippen LogP contribution is -2.37. The van der Waals surface area contributed by atoms with Crippen molar-refractivity contribution in [2.45, 2.75) is 24.2 Å². The highest BCUT2D eigenvalue weighted by Crippen LogP contribution is 2.22. The van der Waals surface area contributed by atoms with Gasteiger partial charge in [-0.2, -0.15) is 4.98 Å². The second-order valence-corrected chi connectivity index (χ2v) is 7.42. The number of nitrogens with one attached hydrogen (secondary N) is 1. The molecule has 0 unspecified atom stereocenters. The maximum Gasteiger partial charge on any atom is 0.329 e. The van der Waals surface area contributed by atoms with E-state index in [9.17, 15) is 9.59 Å². The number of nitrogens with zero attached hydrogens (tertiary/aromatic N) is 3. The summed E-state index contributed by atoms with van der Waals surface area (Å²) >= 11 is 1.30. The van der Waals surface area contributed by atoms with Gasteiger partial charge < -0.3 is 9.51 Å². The van der Waals surface area contributed by atoms with Crippen LogP contribution in [0.15, 0.2) is 79.8 Å². The summed E-state index contributed by atoms with van der Waals surface area (Å²) in [5, 5.41) is 4.48. The van der Waals surface area contributed by atoms with Gasteiger partial charge in [0.15, 0.2) is 5.82 Å². The van der Waals surface area contributed by atoms with Crippen molar-refractivity contribution in [3.05, 3.63) is 98.5 Å². The molecule has 2 aromatic carbocycles. The summed E-state index contributed by atoms with van der Waals surface area (Å²) in [6.45, 7) is 1.93. The van der Waals surface area contributed by atoms with E-state index in [0.717, 1.165) is 11.1 Å². The van der Waals surface area contributed by atoms with Crippen molar-refractivity contribution in [3.63, 3.8) is 0 Å². The molecule has 0 atom stereocenters. The van der Waals surface area contributed by atoms with Crippen molar-refractivity contribution < 1.29 is 4.52 Å². The van der Waals surface area contributed by atoms with E-state index in [2.05, 4.69) is 15.1 Å². The molecule has 0 aliphatic heterocycles. The van der Waals surface area contributed by atoms with Gasteiger partial charge in [0.1, 0.15) is 0 Å². The molecule has 0 saturated heterocycles. The molecule has 0 aliphatic carbocycles. The molecular formula is C21H18N4O3S. The first-order chi connectivity index (χ1) is 14.1. The molecule has 4 rings (SSSR count). The molecule has 0 amide bonds. The van der Waals surface area contributed by atoms with Crippen molar-refractivity contribution >= 4 is 11.8 Å². The van der Waals surface area contributed by atoms with Gasteiger partial charge in [0, 0.05) is 11.1 Å². The molecule has 2 aromatic heterocycles. The van der Waals surface area contributed by atoms with Crippen LogP contribution in [0.25, 0.3) is 11.5 Å². The third-order valence-corrected chi connectivity index (χ3v) is 5.49. The minimum absolute atomic E-state index is 0.228. The third kappa shape index (κ3) is 4.22. The molecule has 2 heterocycles. The van der Waals surface area contributed by atoms with Crippen molar-refractivity contribution in [2.75, 3.05) is 0 Å². The van der Waals surface area contributed by atoms with E-state index in [1.54, 1.807) is 6.92 Å². The Morgan fingerprint density at radius 1 is 1.03 bits per heavy atom. The average molecular weight is 406 g/mol. The number of hydrogen-bond acceptors (Lipinski definition) is 6. The maximum atomic E-state index is 12.7. The number of thioether (sulfide) groups is 1. The van der Waals surface area contributed by atoms with E-state index >= 15 is 0 Å². The second kappa shape index (κ2) is 8.32. The topological polar surface area (TPSA) is 93.8 Å². The summed E-state index contributed by atoms with van der Waals surface area (Å²) in [4.78, 5) is 32.3. The van der Waals surface area contributed by atoms with Crippen LogP contribution in [-0.2, 0) is 12.3 Å². The Hall–Kier alpha value is -3.39. The monoisotopic (exact) mass is 406 g/mol. The van der Waals surface area contributed by atoms with E-state index in [0.29, 0.717) is 28.1 Å². The van der Waals surface area contributed by atoms with Gasteiger partial charge in [-0.05, 0) is 24.6 Å². The number of hydrogen-bond donors (Lipinski definition) is 1. The molecule has 29 heavy (non-hydrogen) atoms. The Labute approximate surface area is 170 Å². The molecule has 146 valence electrons. The highest BCUT2D eigenvalue weighted by atomic mass is 32.2. The SMILES string of the molecule is Cc1c(SCc2noc(-c3ccccc3)n2)[nH]c(=O)n(Cc2ccccc2)c1=O. The van der Waals surface area contributed by atoms with Gasteiger partial charge in [0.05, 0.1) is 17.3 Å². The molecule has 4 aromatic rings. The Kier molecular flexibility index (Phi) is 5.44. The zero-order valence-corrected chi connectivity index (χ0v) is 16.5. The lowest BCUT2D eigenvalue weighted by atomic mass is 10.2. The number of H-pyrrole nitrogens is 1. The Morgan fingerprint density at radius 2 is 1.72 bits per heavy atom. The molecule has 0 spiro atoms. The van der Waals surface area contributed by atoms with E-state index < -0.39 is 5.69 Å². The van der Waals surface area contributed by atoms with Gasteiger partial charge in [0.25, 0.3) is 11.4 Å². The van der Waals surface area contributed by atoms with Gasteiger partial charge in [-0.15, -0.1) is 0 Å². The molecule has 7 nitrogen and oxygen atoms in total. The predicted molar refractivity (Wildman–Crippen MR) is 111 cm³/mol. The largest absolute Gasteiger partial charge is 0.334 e. The maximum absolute atomic E-state index is 12.7. The van der Waals surface area contributed by atoms with Crippen LogP contribution in [0, 0.1) is 6.92 Å². The minimum Gasteiger partial charge on any atom is -0.334 e. The molecular weight excluding hydrogens is 388 g/mol. The first-order valence-electron chi connectivity index (χ1n) is 9.00. The van der Waals surface area contributed by atoms with Crippen LogP contribution >= 0.6 is 11.8 Å². The normalized spacial score (nSPS) is 10.9. The third-order valence-electron chi connectivity index (χ3n) is 4.39. The zero-order valence-electron chi connectivity index (χ0n) is 15.7. The van der Waals surface area contributed by atoms with E-state index in [1.165, 1.54) is 16.3 Å². The fourth-order valence-corrected chi connectivity index (χ4v) is 3.71. The minimum atomic E-state index is -0.440. The van der Waals surface area contributed by atoms with Gasteiger partial charge in [-0.25, -0.2) is 4.79 Å². The van der Waals surface area contributed by atoms with Crippen molar-refractivity contribution in [1.29, 1.82) is 0 Å². The standard InChI is InChI=1S/C21H18N4O3S/c1-14-19(23-21(27)25(20(14)26)12-15-8-4-2-5-9-15)29-13-17-22-18(28-24-17)16-10-6-3-7-11-16/h2-11H,12-13H2,1H3,(H,23,27). The summed E-state index contributed by atoms with van der Waals surface area (Å²) in [5.41, 5.74) is 1.46. The molecule has 0 radical (unpaired) electrons. The molecule has 1 N–H and O–H groups in total. The summed E-state index contributed by atoms with van der Waals surface area (Å²) in [5.74, 6) is 1.29. The summed E-state index contributed by atoms with van der Waals surface area (Å²) in [7, 11) is 0. The molecule has 0 aliphatic rings. The van der Waals surface area contributed by atoms with Gasteiger partial charge >= 0.3 is 5.69 Å². The molecule has 8 heteroatoms. The highest BCUT2D eigenvalue weighted by molar-refractivity contribution is 7.98. The van der Waals surface area contributed by atoms with Crippen LogP contribution in [0.2, 0.25) is 0 Å². The number of aromatic amines is 1. The Bertz CT molecular complexity index is 1230. The van der Waals surface area contributed by atoms with Crippen LogP contribution in [0.1, 0.15) is 17.0 Å². The number of rotatable bonds is 6. The van der Waals surface area contributed by atoms with Crippen LogP contribution in [0.4, 0.5) is 0 Å². The highest BCUT2D eigenvalue weighted by Gasteiger charge is 2.14. The summed E-state index contributed by atoms with van der Waals surface area (Å²) < 4.78 is 6.50. The average Bonchev–Trinajstić information content (AvgIpc) is 3.23. The molecule has 0 fully saturated rings. The Balaban J connectivity index is 1.52. The lowest BCUT2D eigenvalue weighted by Gasteiger charge is -2.09. The van der Waals surface area contributed by atoms with Crippen molar-refractivity contribution in [2.24, 2.45) is 0 Å². The van der Waals surface area contributed by atoms with Crippen LogP contribution < -0.4 is 11.2 Å². The molecule has 0 saturated carbocycles. The van der Waals surface area contributed by atoms with Crippen LogP contribution in [-0.4, -0.2) is 19.7 Å². The fraction of sp³-hybridized carbons (Fsp3) is 0.143. The first-order valence-corrected chi connectivity index (χ1v) is 9.99. The quantitative estimate of drug-likeness (QED) is 0.390. The van der Waals surface area contributed by atoms with Gasteiger partial charge in [0.2, 0.25) is 0 Å². The van der Waals surface area contributed by atoms with E-state index in [4.69, 9.17) is 4.52 Å². The smallest absolute Gasteiger partial charge is 0.329 e. The molecule has 0 bridgehead atoms.